The first-order valence-corrected chi connectivity index (χ1v) is 4.65. The van der Waals surface area contributed by atoms with Crippen molar-refractivity contribution in [3.63, 3.8) is 0 Å². The maximum atomic E-state index is 11.7. The second kappa shape index (κ2) is 4.57. The van der Waals surface area contributed by atoms with Gasteiger partial charge in [-0.2, -0.15) is 5.26 Å². The Morgan fingerprint density at radius 2 is 1.86 bits per heavy atom. The minimum Gasteiger partial charge on any atom is -0.298 e. The molecule has 0 amide bonds. The van der Waals surface area contributed by atoms with Gasteiger partial charge in [0.15, 0.2) is 5.78 Å². The van der Waals surface area contributed by atoms with Crippen LogP contribution in [0.3, 0.4) is 0 Å². The van der Waals surface area contributed by atoms with E-state index in [0.29, 0.717) is 0 Å². The standard InChI is InChI=1S/C12H13NO/c1-9(2)12(14)11(8-13)10-6-4-3-5-7-10/h3-7,9,11H,1-2H3. The monoisotopic (exact) mass is 187 g/mol. The van der Waals surface area contributed by atoms with E-state index in [-0.39, 0.29) is 11.7 Å². The molecular formula is C12H13NO. The van der Waals surface area contributed by atoms with Crippen molar-refractivity contribution in [2.24, 2.45) is 5.92 Å². The van der Waals surface area contributed by atoms with Crippen LogP contribution in [-0.4, -0.2) is 5.78 Å². The van der Waals surface area contributed by atoms with Crippen molar-refractivity contribution in [2.45, 2.75) is 19.8 Å². The number of hydrogen-bond acceptors (Lipinski definition) is 2. The van der Waals surface area contributed by atoms with Gasteiger partial charge >= 0.3 is 0 Å². The molecule has 2 nitrogen and oxygen atoms in total. The van der Waals surface area contributed by atoms with E-state index in [1.807, 2.05) is 50.2 Å². The normalized spacial score (nSPS) is 12.1. The molecule has 1 rings (SSSR count). The highest BCUT2D eigenvalue weighted by molar-refractivity contribution is 5.89. The van der Waals surface area contributed by atoms with Gasteiger partial charge in [-0.15, -0.1) is 0 Å². The SMILES string of the molecule is CC(C)C(=O)C(C#N)c1ccccc1. The predicted octanol–water partition coefficient (Wildman–Crippen LogP) is 2.52. The number of rotatable bonds is 3. The van der Waals surface area contributed by atoms with Gasteiger partial charge in [0.25, 0.3) is 0 Å². The first kappa shape index (κ1) is 10.5. The van der Waals surface area contributed by atoms with E-state index in [9.17, 15) is 4.79 Å². The Bertz CT molecular complexity index is 348. The highest BCUT2D eigenvalue weighted by Gasteiger charge is 2.21. The third kappa shape index (κ3) is 2.20. The Morgan fingerprint density at radius 1 is 1.29 bits per heavy atom. The first-order chi connectivity index (χ1) is 6.66. The van der Waals surface area contributed by atoms with Crippen LogP contribution in [0.15, 0.2) is 30.3 Å². The van der Waals surface area contributed by atoms with Crippen LogP contribution in [0.25, 0.3) is 0 Å². The molecule has 0 bridgehead atoms. The number of Topliss-reactive ketones (excluding diaryl/α,β-unsaturated/α-hetero) is 1. The fourth-order valence-electron chi connectivity index (χ4n) is 1.28. The van der Waals surface area contributed by atoms with Crippen molar-refractivity contribution < 1.29 is 4.79 Å². The molecule has 72 valence electrons. The lowest BCUT2D eigenvalue weighted by atomic mass is 9.90. The molecule has 14 heavy (non-hydrogen) atoms. The minimum absolute atomic E-state index is 0.0151. The Morgan fingerprint density at radius 3 is 2.29 bits per heavy atom. The molecule has 0 aliphatic heterocycles. The number of ketones is 1. The van der Waals surface area contributed by atoms with Gasteiger partial charge in [-0.05, 0) is 5.56 Å². The van der Waals surface area contributed by atoms with Gasteiger partial charge in [-0.3, -0.25) is 4.79 Å². The van der Waals surface area contributed by atoms with Crippen molar-refractivity contribution >= 4 is 5.78 Å². The quantitative estimate of drug-likeness (QED) is 0.729. The van der Waals surface area contributed by atoms with Crippen LogP contribution < -0.4 is 0 Å². The van der Waals surface area contributed by atoms with Gasteiger partial charge in [0.2, 0.25) is 0 Å². The zero-order chi connectivity index (χ0) is 10.6. The van der Waals surface area contributed by atoms with Crippen LogP contribution in [0.2, 0.25) is 0 Å². The van der Waals surface area contributed by atoms with E-state index >= 15 is 0 Å². The molecule has 1 aromatic carbocycles. The van der Waals surface area contributed by atoms with Gasteiger partial charge < -0.3 is 0 Å². The molecule has 2 heteroatoms. The molecule has 0 aliphatic rings. The molecule has 1 unspecified atom stereocenters. The minimum atomic E-state index is -0.615. The van der Waals surface area contributed by atoms with Crippen molar-refractivity contribution in [1.29, 1.82) is 5.26 Å². The van der Waals surface area contributed by atoms with E-state index < -0.39 is 5.92 Å². The summed E-state index contributed by atoms with van der Waals surface area (Å²) in [5.41, 5.74) is 0.786. The number of carbonyl (C=O) groups excluding carboxylic acids is 1. The molecule has 0 aromatic heterocycles. The maximum absolute atomic E-state index is 11.7. The van der Waals surface area contributed by atoms with E-state index in [0.717, 1.165) is 5.56 Å². The Balaban J connectivity index is 2.96. The first-order valence-electron chi connectivity index (χ1n) is 4.65. The van der Waals surface area contributed by atoms with Crippen LogP contribution in [-0.2, 0) is 4.79 Å². The second-order valence-corrected chi connectivity index (χ2v) is 3.53. The molecule has 0 radical (unpaired) electrons. The van der Waals surface area contributed by atoms with Crippen molar-refractivity contribution in [3.05, 3.63) is 35.9 Å². The Hall–Kier alpha value is -1.62. The second-order valence-electron chi connectivity index (χ2n) is 3.53. The highest BCUT2D eigenvalue weighted by atomic mass is 16.1. The topological polar surface area (TPSA) is 40.9 Å². The number of nitrogens with zero attached hydrogens (tertiary/aromatic N) is 1. The summed E-state index contributed by atoms with van der Waals surface area (Å²) in [5, 5.41) is 8.93. The lowest BCUT2D eigenvalue weighted by Crippen LogP contribution is -2.16. The summed E-state index contributed by atoms with van der Waals surface area (Å²) in [7, 11) is 0. The zero-order valence-electron chi connectivity index (χ0n) is 8.40. The molecule has 0 spiro atoms. The summed E-state index contributed by atoms with van der Waals surface area (Å²) in [6.07, 6.45) is 0. The summed E-state index contributed by atoms with van der Waals surface area (Å²) >= 11 is 0. The summed E-state index contributed by atoms with van der Waals surface area (Å²) in [6.45, 7) is 3.63. The average molecular weight is 187 g/mol. The number of benzene rings is 1. The van der Waals surface area contributed by atoms with Crippen LogP contribution in [0.5, 0.6) is 0 Å². The van der Waals surface area contributed by atoms with E-state index in [1.54, 1.807) is 0 Å². The van der Waals surface area contributed by atoms with Crippen molar-refractivity contribution in [2.75, 3.05) is 0 Å². The fraction of sp³-hybridized carbons (Fsp3) is 0.333. The van der Waals surface area contributed by atoms with E-state index in [4.69, 9.17) is 5.26 Å². The van der Waals surface area contributed by atoms with Gasteiger partial charge in [-0.1, -0.05) is 44.2 Å². The predicted molar refractivity (Wildman–Crippen MR) is 54.6 cm³/mol. The van der Waals surface area contributed by atoms with Crippen LogP contribution in [0.1, 0.15) is 25.3 Å². The fourth-order valence-corrected chi connectivity index (χ4v) is 1.28. The smallest absolute Gasteiger partial charge is 0.156 e. The number of nitriles is 1. The van der Waals surface area contributed by atoms with Crippen molar-refractivity contribution in [1.82, 2.24) is 0 Å². The zero-order valence-corrected chi connectivity index (χ0v) is 8.40. The van der Waals surface area contributed by atoms with E-state index in [1.165, 1.54) is 0 Å². The summed E-state index contributed by atoms with van der Waals surface area (Å²) in [5.74, 6) is -0.727. The van der Waals surface area contributed by atoms with Crippen molar-refractivity contribution in [3.8, 4) is 6.07 Å². The number of hydrogen-bond donors (Lipinski definition) is 0. The molecule has 1 atom stereocenters. The summed E-state index contributed by atoms with van der Waals surface area (Å²) in [4.78, 5) is 11.7. The van der Waals surface area contributed by atoms with Gasteiger partial charge in [-0.25, -0.2) is 0 Å². The number of carbonyl (C=O) groups is 1. The molecular weight excluding hydrogens is 174 g/mol. The average Bonchev–Trinajstić information content (AvgIpc) is 2.20. The molecule has 0 N–H and O–H groups in total. The van der Waals surface area contributed by atoms with E-state index in [2.05, 4.69) is 0 Å². The molecule has 0 heterocycles. The van der Waals surface area contributed by atoms with Gasteiger partial charge in [0.05, 0.1) is 6.07 Å². The molecule has 0 fully saturated rings. The molecule has 0 saturated carbocycles. The highest BCUT2D eigenvalue weighted by Crippen LogP contribution is 2.19. The Kier molecular flexibility index (Phi) is 3.41. The maximum Gasteiger partial charge on any atom is 0.156 e. The molecule has 1 aromatic rings. The van der Waals surface area contributed by atoms with Gasteiger partial charge in [0.1, 0.15) is 5.92 Å². The third-order valence-electron chi connectivity index (χ3n) is 2.12. The van der Waals surface area contributed by atoms with Crippen LogP contribution >= 0.6 is 0 Å². The van der Waals surface area contributed by atoms with Gasteiger partial charge in [0, 0.05) is 5.92 Å². The third-order valence-corrected chi connectivity index (χ3v) is 2.12. The largest absolute Gasteiger partial charge is 0.298 e. The molecule has 0 aliphatic carbocycles. The Labute approximate surface area is 84.2 Å². The summed E-state index contributed by atoms with van der Waals surface area (Å²) in [6, 6.07) is 11.2. The lowest BCUT2D eigenvalue weighted by Gasteiger charge is -2.10. The summed E-state index contributed by atoms with van der Waals surface area (Å²) < 4.78 is 0. The van der Waals surface area contributed by atoms with Crippen LogP contribution in [0, 0.1) is 17.2 Å². The lowest BCUT2D eigenvalue weighted by molar-refractivity contribution is -0.122. The van der Waals surface area contributed by atoms with Crippen LogP contribution in [0.4, 0.5) is 0 Å². The molecule has 0 saturated heterocycles.